The fourth-order valence-electron chi connectivity index (χ4n) is 3.73. The molecule has 1 aliphatic heterocycles. The summed E-state index contributed by atoms with van der Waals surface area (Å²) < 4.78 is 39.0. The van der Waals surface area contributed by atoms with Gasteiger partial charge in [-0.1, -0.05) is 0 Å². The highest BCUT2D eigenvalue weighted by Crippen LogP contribution is 2.40. The number of benzene rings is 2. The largest absolute Gasteiger partial charge is 0.497 e. The molecule has 154 valence electrons. The van der Waals surface area contributed by atoms with Crippen molar-refractivity contribution in [2.75, 3.05) is 23.8 Å². The van der Waals surface area contributed by atoms with Crippen LogP contribution in [-0.4, -0.2) is 34.6 Å². The maximum Gasteiger partial charge on any atom is 0.262 e. The molecule has 0 saturated heterocycles. The van der Waals surface area contributed by atoms with Crippen LogP contribution in [0.25, 0.3) is 0 Å². The fourth-order valence-corrected chi connectivity index (χ4v) is 4.85. The lowest BCUT2D eigenvalue weighted by atomic mass is 10.1. The van der Waals surface area contributed by atoms with Gasteiger partial charge in [0.25, 0.3) is 10.0 Å². The lowest BCUT2D eigenvalue weighted by molar-refractivity contribution is -0.120. The molecule has 1 fully saturated rings. The number of carbonyl (C=O) groups is 1. The SMILES string of the molecule is COc1ccc(OC)c(NS(=O)(=O)c2ccc3c(c2)C[C@@H](C)N3C(=O)C2CC2)c1. The Bertz CT molecular complexity index is 1060. The van der Waals surface area contributed by atoms with Gasteiger partial charge in [-0.15, -0.1) is 0 Å². The lowest BCUT2D eigenvalue weighted by Crippen LogP contribution is -2.36. The summed E-state index contributed by atoms with van der Waals surface area (Å²) in [6.45, 7) is 1.99. The first-order chi connectivity index (χ1) is 13.8. The van der Waals surface area contributed by atoms with Crippen molar-refractivity contribution in [2.24, 2.45) is 5.92 Å². The number of ether oxygens (including phenoxy) is 2. The summed E-state index contributed by atoms with van der Waals surface area (Å²) in [6.07, 6.45) is 2.52. The number of rotatable bonds is 6. The summed E-state index contributed by atoms with van der Waals surface area (Å²) in [6, 6.07) is 9.86. The zero-order valence-electron chi connectivity index (χ0n) is 16.6. The molecule has 1 N–H and O–H groups in total. The quantitative estimate of drug-likeness (QED) is 0.782. The van der Waals surface area contributed by atoms with E-state index in [-0.39, 0.29) is 22.8 Å². The molecule has 0 spiro atoms. The molecular formula is C21H24N2O5S. The van der Waals surface area contributed by atoms with E-state index in [1.807, 2.05) is 11.8 Å². The minimum atomic E-state index is -3.84. The van der Waals surface area contributed by atoms with Crippen LogP contribution in [0.5, 0.6) is 11.5 Å². The van der Waals surface area contributed by atoms with Gasteiger partial charge in [-0.2, -0.15) is 0 Å². The van der Waals surface area contributed by atoms with Crippen LogP contribution in [0.3, 0.4) is 0 Å². The maximum atomic E-state index is 13.0. The van der Waals surface area contributed by atoms with E-state index >= 15 is 0 Å². The van der Waals surface area contributed by atoms with Gasteiger partial charge < -0.3 is 14.4 Å². The Hall–Kier alpha value is -2.74. The van der Waals surface area contributed by atoms with E-state index in [1.54, 1.807) is 36.4 Å². The molecule has 0 unspecified atom stereocenters. The minimum Gasteiger partial charge on any atom is -0.497 e. The van der Waals surface area contributed by atoms with Crippen LogP contribution in [-0.2, 0) is 21.2 Å². The van der Waals surface area contributed by atoms with Gasteiger partial charge in [0.05, 0.1) is 24.8 Å². The molecule has 4 rings (SSSR count). The van der Waals surface area contributed by atoms with Crippen LogP contribution in [0, 0.1) is 5.92 Å². The Kier molecular flexibility index (Phi) is 4.90. The number of methoxy groups -OCH3 is 2. The second-order valence-electron chi connectivity index (χ2n) is 7.50. The summed E-state index contributed by atoms with van der Waals surface area (Å²) in [4.78, 5) is 14.6. The van der Waals surface area contributed by atoms with E-state index in [0.717, 1.165) is 24.1 Å². The summed E-state index contributed by atoms with van der Waals surface area (Å²) in [5.74, 6) is 1.17. The molecule has 2 aliphatic rings. The van der Waals surface area contributed by atoms with Gasteiger partial charge >= 0.3 is 0 Å². The predicted octanol–water partition coefficient (Wildman–Crippen LogP) is 3.19. The van der Waals surface area contributed by atoms with E-state index in [9.17, 15) is 13.2 Å². The van der Waals surface area contributed by atoms with Crippen LogP contribution in [0.15, 0.2) is 41.3 Å². The second-order valence-corrected chi connectivity index (χ2v) is 9.18. The molecule has 0 bridgehead atoms. The van der Waals surface area contributed by atoms with Crippen LogP contribution in [0.4, 0.5) is 11.4 Å². The number of hydrogen-bond donors (Lipinski definition) is 1. The molecule has 2 aromatic carbocycles. The molecule has 0 aromatic heterocycles. The van der Waals surface area contributed by atoms with Gasteiger partial charge in [-0.05, 0) is 62.1 Å². The highest BCUT2D eigenvalue weighted by molar-refractivity contribution is 7.92. The molecule has 1 saturated carbocycles. The highest BCUT2D eigenvalue weighted by atomic mass is 32.2. The fraction of sp³-hybridized carbons (Fsp3) is 0.381. The first kappa shape index (κ1) is 19.6. The summed E-state index contributed by atoms with van der Waals surface area (Å²) in [5, 5.41) is 0. The van der Waals surface area contributed by atoms with Crippen molar-refractivity contribution in [3.8, 4) is 11.5 Å². The van der Waals surface area contributed by atoms with Gasteiger partial charge in [0, 0.05) is 23.7 Å². The maximum absolute atomic E-state index is 13.0. The van der Waals surface area contributed by atoms with Crippen LogP contribution < -0.4 is 19.1 Å². The van der Waals surface area contributed by atoms with Crippen molar-refractivity contribution >= 4 is 27.3 Å². The van der Waals surface area contributed by atoms with Crippen molar-refractivity contribution in [1.82, 2.24) is 0 Å². The molecule has 7 nitrogen and oxygen atoms in total. The van der Waals surface area contributed by atoms with E-state index in [4.69, 9.17) is 9.47 Å². The van der Waals surface area contributed by atoms with Gasteiger partial charge in [-0.25, -0.2) is 8.42 Å². The third-order valence-electron chi connectivity index (χ3n) is 5.39. The Morgan fingerprint density at radius 3 is 2.52 bits per heavy atom. The van der Waals surface area contributed by atoms with E-state index in [0.29, 0.717) is 23.6 Å². The Balaban J connectivity index is 1.64. The molecule has 1 aliphatic carbocycles. The molecule has 29 heavy (non-hydrogen) atoms. The van der Waals surface area contributed by atoms with E-state index < -0.39 is 10.0 Å². The highest BCUT2D eigenvalue weighted by Gasteiger charge is 2.39. The Morgan fingerprint density at radius 2 is 1.86 bits per heavy atom. The lowest BCUT2D eigenvalue weighted by Gasteiger charge is -2.22. The minimum absolute atomic E-state index is 0.0301. The van der Waals surface area contributed by atoms with E-state index in [2.05, 4.69) is 4.72 Å². The third kappa shape index (κ3) is 3.64. The predicted molar refractivity (Wildman–Crippen MR) is 110 cm³/mol. The zero-order valence-corrected chi connectivity index (χ0v) is 17.5. The van der Waals surface area contributed by atoms with Gasteiger partial charge in [0.15, 0.2) is 0 Å². The topological polar surface area (TPSA) is 84.9 Å². The number of carbonyl (C=O) groups excluding carboxylic acids is 1. The second kappa shape index (κ2) is 7.26. The number of nitrogens with one attached hydrogen (secondary N) is 1. The molecule has 1 atom stereocenters. The average Bonchev–Trinajstić information content (AvgIpc) is 3.49. The van der Waals surface area contributed by atoms with Crippen LogP contribution in [0.2, 0.25) is 0 Å². The molecule has 1 amide bonds. The average molecular weight is 416 g/mol. The van der Waals surface area contributed by atoms with Crippen molar-refractivity contribution in [3.63, 3.8) is 0 Å². The summed E-state index contributed by atoms with van der Waals surface area (Å²) in [5.41, 5.74) is 1.98. The number of hydrogen-bond acceptors (Lipinski definition) is 5. The van der Waals surface area contributed by atoms with Gasteiger partial charge in [0.1, 0.15) is 11.5 Å². The van der Waals surface area contributed by atoms with Crippen molar-refractivity contribution < 1.29 is 22.7 Å². The Morgan fingerprint density at radius 1 is 1.10 bits per heavy atom. The smallest absolute Gasteiger partial charge is 0.262 e. The number of fused-ring (bicyclic) bond motifs is 1. The number of nitrogens with zero attached hydrogens (tertiary/aromatic N) is 1. The first-order valence-electron chi connectivity index (χ1n) is 9.55. The van der Waals surface area contributed by atoms with Gasteiger partial charge in [0.2, 0.25) is 5.91 Å². The number of amides is 1. The summed E-state index contributed by atoms with van der Waals surface area (Å²) in [7, 11) is -0.856. The first-order valence-corrected chi connectivity index (χ1v) is 11.0. The zero-order chi connectivity index (χ0) is 20.8. The van der Waals surface area contributed by atoms with Crippen molar-refractivity contribution in [1.29, 1.82) is 0 Å². The molecule has 1 heterocycles. The molecular weight excluding hydrogens is 392 g/mol. The molecule has 2 aromatic rings. The van der Waals surface area contributed by atoms with Crippen molar-refractivity contribution in [3.05, 3.63) is 42.0 Å². The van der Waals surface area contributed by atoms with Gasteiger partial charge in [-0.3, -0.25) is 9.52 Å². The monoisotopic (exact) mass is 416 g/mol. The van der Waals surface area contributed by atoms with Crippen molar-refractivity contribution in [2.45, 2.75) is 37.1 Å². The molecule has 0 radical (unpaired) electrons. The van der Waals surface area contributed by atoms with E-state index in [1.165, 1.54) is 14.2 Å². The van der Waals surface area contributed by atoms with Crippen LogP contribution in [0.1, 0.15) is 25.3 Å². The molecule has 8 heteroatoms. The number of sulfonamides is 1. The number of anilines is 2. The summed E-state index contributed by atoms with van der Waals surface area (Å²) >= 11 is 0. The van der Waals surface area contributed by atoms with Crippen LogP contribution >= 0.6 is 0 Å². The third-order valence-corrected chi connectivity index (χ3v) is 6.76. The standard InChI is InChI=1S/C21H24N2O5S/c1-13-10-15-11-17(7-8-19(15)23(13)21(24)14-4-5-14)29(25,26)22-18-12-16(27-2)6-9-20(18)28-3/h6-9,11-14,22H,4-5,10H2,1-3H3/t13-/m1/s1. The Labute approximate surface area is 170 Å². The normalized spacial score (nSPS) is 18.3.